The van der Waals surface area contributed by atoms with Crippen molar-refractivity contribution in [2.75, 3.05) is 0 Å². The van der Waals surface area contributed by atoms with Gasteiger partial charge in [0.05, 0.1) is 6.10 Å². The fraction of sp³-hybridized carbons (Fsp3) is 0.300. The van der Waals surface area contributed by atoms with E-state index in [0.29, 0.717) is 19.4 Å². The summed E-state index contributed by atoms with van der Waals surface area (Å²) < 4.78 is 29.7. The Hall–Kier alpha value is -2.55. The summed E-state index contributed by atoms with van der Waals surface area (Å²) in [5, 5.41) is 10.4. The first-order valence-corrected chi connectivity index (χ1v) is 10.7. The van der Waals surface area contributed by atoms with E-state index in [9.17, 15) is 13.5 Å². The standard InChI is InChI=1S/C20H22N4O3S/c25-18-13-15(12-17(18)23-28(26,27)19-8-4-5-9-21-19)14-24-11-10-22-20(24)16-6-2-1-3-7-16/h1-11,15,17-18,23,25H,12-14H2/t15?,17-,18-/m1/s1. The molecule has 2 aromatic heterocycles. The highest BCUT2D eigenvalue weighted by Crippen LogP contribution is 2.30. The van der Waals surface area contributed by atoms with Crippen molar-refractivity contribution in [3.05, 3.63) is 67.1 Å². The Morgan fingerprint density at radius 1 is 1.04 bits per heavy atom. The van der Waals surface area contributed by atoms with Crippen molar-refractivity contribution in [2.24, 2.45) is 5.92 Å². The number of rotatable bonds is 6. The van der Waals surface area contributed by atoms with Gasteiger partial charge in [-0.25, -0.2) is 23.1 Å². The lowest BCUT2D eigenvalue weighted by atomic mass is 10.1. The topological polar surface area (TPSA) is 97.1 Å². The molecule has 4 rings (SSSR count). The Balaban J connectivity index is 1.45. The van der Waals surface area contributed by atoms with Gasteiger partial charge in [-0.1, -0.05) is 36.4 Å². The summed E-state index contributed by atoms with van der Waals surface area (Å²) in [6.45, 7) is 0.670. The van der Waals surface area contributed by atoms with Crippen LogP contribution in [0.5, 0.6) is 0 Å². The van der Waals surface area contributed by atoms with Gasteiger partial charge in [-0.05, 0) is 30.9 Å². The molecule has 0 aliphatic heterocycles. The van der Waals surface area contributed by atoms with Gasteiger partial charge in [-0.2, -0.15) is 0 Å². The zero-order valence-electron chi connectivity index (χ0n) is 15.2. The van der Waals surface area contributed by atoms with Crippen LogP contribution in [0.2, 0.25) is 0 Å². The van der Waals surface area contributed by atoms with Gasteiger partial charge < -0.3 is 9.67 Å². The summed E-state index contributed by atoms with van der Waals surface area (Å²) in [5.74, 6) is 1.01. The van der Waals surface area contributed by atoms with Crippen LogP contribution in [0.25, 0.3) is 11.4 Å². The Morgan fingerprint density at radius 2 is 1.82 bits per heavy atom. The number of aromatic nitrogens is 3. The quantitative estimate of drug-likeness (QED) is 0.662. The van der Waals surface area contributed by atoms with E-state index in [2.05, 4.69) is 19.3 Å². The first-order chi connectivity index (χ1) is 13.5. The van der Waals surface area contributed by atoms with Gasteiger partial charge >= 0.3 is 0 Å². The zero-order valence-corrected chi connectivity index (χ0v) is 16.0. The highest BCUT2D eigenvalue weighted by atomic mass is 32.2. The Morgan fingerprint density at radius 3 is 2.57 bits per heavy atom. The fourth-order valence-electron chi connectivity index (χ4n) is 3.74. The van der Waals surface area contributed by atoms with Crippen LogP contribution in [-0.2, 0) is 16.6 Å². The Kier molecular flexibility index (Phi) is 5.25. The number of pyridine rings is 1. The highest BCUT2D eigenvalue weighted by Gasteiger charge is 2.36. The van der Waals surface area contributed by atoms with Crippen molar-refractivity contribution >= 4 is 10.0 Å². The first kappa shape index (κ1) is 18.8. The minimum absolute atomic E-state index is 0.0355. The molecule has 0 amide bonds. The SMILES string of the molecule is O=S(=O)(N[C@@H]1CC(Cn2ccnc2-c2ccccc2)C[C@H]1O)c1ccccn1. The van der Waals surface area contributed by atoms with Crippen molar-refractivity contribution in [1.82, 2.24) is 19.3 Å². The van der Waals surface area contributed by atoms with Crippen LogP contribution >= 0.6 is 0 Å². The van der Waals surface area contributed by atoms with E-state index in [4.69, 9.17) is 0 Å². The lowest BCUT2D eigenvalue weighted by molar-refractivity contribution is 0.155. The van der Waals surface area contributed by atoms with Gasteiger partial charge in [-0.15, -0.1) is 0 Å². The molecule has 1 fully saturated rings. The second-order valence-electron chi connectivity index (χ2n) is 7.07. The van der Waals surface area contributed by atoms with Gasteiger partial charge in [0.1, 0.15) is 5.82 Å². The molecule has 1 aliphatic carbocycles. The van der Waals surface area contributed by atoms with Crippen molar-refractivity contribution in [1.29, 1.82) is 0 Å². The maximum absolute atomic E-state index is 12.5. The molecular weight excluding hydrogens is 376 g/mol. The first-order valence-electron chi connectivity index (χ1n) is 9.21. The monoisotopic (exact) mass is 398 g/mol. The van der Waals surface area contributed by atoms with Gasteiger partial charge in [0.25, 0.3) is 10.0 Å². The average Bonchev–Trinajstić information content (AvgIpc) is 3.30. The van der Waals surface area contributed by atoms with Gasteiger partial charge in [0.15, 0.2) is 5.03 Å². The Bertz CT molecular complexity index is 1020. The predicted molar refractivity (Wildman–Crippen MR) is 105 cm³/mol. The molecule has 0 spiro atoms. The molecule has 0 saturated heterocycles. The molecule has 1 saturated carbocycles. The second kappa shape index (κ2) is 7.83. The highest BCUT2D eigenvalue weighted by molar-refractivity contribution is 7.89. The third-order valence-corrected chi connectivity index (χ3v) is 6.45. The largest absolute Gasteiger partial charge is 0.391 e. The van der Waals surface area contributed by atoms with Crippen LogP contribution in [0.3, 0.4) is 0 Å². The molecule has 1 unspecified atom stereocenters. The summed E-state index contributed by atoms with van der Waals surface area (Å²) in [6.07, 6.45) is 5.47. The van der Waals surface area contributed by atoms with Gasteiger partial charge in [0.2, 0.25) is 0 Å². The molecule has 146 valence electrons. The van der Waals surface area contributed by atoms with Crippen LogP contribution in [-0.4, -0.2) is 40.2 Å². The number of sulfonamides is 1. The fourth-order valence-corrected chi connectivity index (χ4v) is 4.97. The Labute approximate surface area is 164 Å². The number of aliphatic hydroxyl groups excluding tert-OH is 1. The van der Waals surface area contributed by atoms with E-state index in [0.717, 1.165) is 11.4 Å². The third kappa shape index (κ3) is 3.99. The van der Waals surface area contributed by atoms with E-state index in [1.54, 1.807) is 18.3 Å². The number of benzene rings is 1. The molecule has 7 nitrogen and oxygen atoms in total. The summed E-state index contributed by atoms with van der Waals surface area (Å²) in [5.41, 5.74) is 1.03. The summed E-state index contributed by atoms with van der Waals surface area (Å²) in [7, 11) is -3.75. The second-order valence-corrected chi connectivity index (χ2v) is 8.73. The van der Waals surface area contributed by atoms with E-state index in [-0.39, 0.29) is 10.9 Å². The maximum atomic E-state index is 12.5. The minimum atomic E-state index is -3.75. The molecule has 3 aromatic rings. The minimum Gasteiger partial charge on any atom is -0.391 e. The molecular formula is C20H22N4O3S. The number of nitrogens with one attached hydrogen (secondary N) is 1. The number of imidazole rings is 1. The lowest BCUT2D eigenvalue weighted by Crippen LogP contribution is -2.40. The van der Waals surface area contributed by atoms with Crippen molar-refractivity contribution < 1.29 is 13.5 Å². The number of nitrogens with zero attached hydrogens (tertiary/aromatic N) is 3. The summed E-state index contributed by atoms with van der Waals surface area (Å²) in [6, 6.07) is 14.1. The molecule has 0 radical (unpaired) electrons. The van der Waals surface area contributed by atoms with Gasteiger partial charge in [0, 0.05) is 36.7 Å². The average molecular weight is 398 g/mol. The molecule has 1 aliphatic rings. The van der Waals surface area contributed by atoms with E-state index in [1.165, 1.54) is 12.3 Å². The molecule has 28 heavy (non-hydrogen) atoms. The van der Waals surface area contributed by atoms with Crippen LogP contribution in [0.1, 0.15) is 12.8 Å². The maximum Gasteiger partial charge on any atom is 0.258 e. The number of aliphatic hydroxyl groups is 1. The zero-order chi connectivity index (χ0) is 19.6. The van der Waals surface area contributed by atoms with E-state index >= 15 is 0 Å². The molecule has 2 heterocycles. The molecule has 8 heteroatoms. The van der Waals surface area contributed by atoms with E-state index < -0.39 is 22.2 Å². The van der Waals surface area contributed by atoms with Crippen molar-refractivity contribution in [3.63, 3.8) is 0 Å². The summed E-state index contributed by atoms with van der Waals surface area (Å²) in [4.78, 5) is 8.34. The molecule has 1 aromatic carbocycles. The smallest absolute Gasteiger partial charge is 0.258 e. The van der Waals surface area contributed by atoms with E-state index in [1.807, 2.05) is 36.5 Å². The van der Waals surface area contributed by atoms with Crippen LogP contribution in [0.4, 0.5) is 0 Å². The third-order valence-electron chi connectivity index (χ3n) is 5.05. The van der Waals surface area contributed by atoms with Crippen molar-refractivity contribution in [2.45, 2.75) is 36.6 Å². The van der Waals surface area contributed by atoms with Gasteiger partial charge in [-0.3, -0.25) is 0 Å². The number of hydrogen-bond acceptors (Lipinski definition) is 5. The molecule has 0 bridgehead atoms. The predicted octanol–water partition coefficient (Wildman–Crippen LogP) is 2.06. The normalized spacial score (nSPS) is 22.4. The van der Waals surface area contributed by atoms with Crippen LogP contribution in [0.15, 0.2) is 72.1 Å². The van der Waals surface area contributed by atoms with Crippen LogP contribution < -0.4 is 4.72 Å². The lowest BCUT2D eigenvalue weighted by Gasteiger charge is -2.16. The van der Waals surface area contributed by atoms with Crippen LogP contribution in [0, 0.1) is 5.92 Å². The van der Waals surface area contributed by atoms with Crippen molar-refractivity contribution in [3.8, 4) is 11.4 Å². The summed E-state index contributed by atoms with van der Waals surface area (Å²) >= 11 is 0. The number of hydrogen-bond donors (Lipinski definition) is 2. The molecule has 2 N–H and O–H groups in total. The molecule has 3 atom stereocenters.